The van der Waals surface area contributed by atoms with Gasteiger partial charge in [0, 0.05) is 60.9 Å². The Morgan fingerprint density at radius 2 is 2.00 bits per heavy atom. The Balaban J connectivity index is 1.10. The number of nitrogens with one attached hydrogen (secondary N) is 1. The molecule has 1 saturated heterocycles. The average molecular weight is 442 g/mol. The number of rotatable bonds is 6. The van der Waals surface area contributed by atoms with Crippen molar-refractivity contribution in [1.29, 1.82) is 0 Å². The van der Waals surface area contributed by atoms with Gasteiger partial charge in [0.1, 0.15) is 11.9 Å². The lowest BCUT2D eigenvalue weighted by atomic mass is 10.2. The highest BCUT2D eigenvalue weighted by Gasteiger charge is 2.58. The molecule has 3 aromatic heterocycles. The number of nitrogens with zero attached hydrogens (tertiary/aromatic N) is 4. The quantitative estimate of drug-likeness (QED) is 0.470. The normalized spacial score (nSPS) is 21.6. The minimum Gasteiger partial charge on any atom is -0.446 e. The topological polar surface area (TPSA) is 119 Å². The Bertz CT molecular complexity index is 1300. The van der Waals surface area contributed by atoms with E-state index in [2.05, 4.69) is 26.1 Å². The van der Waals surface area contributed by atoms with Crippen LogP contribution < -0.4 is 10.5 Å². The highest BCUT2D eigenvalue weighted by molar-refractivity contribution is 5.80. The molecule has 4 aromatic rings. The maximum Gasteiger partial charge on any atom is 0.404 e. The summed E-state index contributed by atoms with van der Waals surface area (Å²) in [5.74, 6) is 2.03. The Kier molecular flexibility index (Phi) is 4.69. The zero-order chi connectivity index (χ0) is 22.4. The summed E-state index contributed by atoms with van der Waals surface area (Å²) in [6, 6.07) is 15.6. The number of hydrogen-bond acceptors (Lipinski definition) is 7. The minimum atomic E-state index is -0.678. The largest absolute Gasteiger partial charge is 0.446 e. The molecule has 1 saturated carbocycles. The first kappa shape index (κ1) is 19.7. The van der Waals surface area contributed by atoms with Gasteiger partial charge in [0.25, 0.3) is 0 Å². The Hall–Kier alpha value is -3.98. The predicted octanol–water partition coefficient (Wildman–Crippen LogP) is 3.34. The molecule has 0 spiro atoms. The highest BCUT2D eigenvalue weighted by Crippen LogP contribution is 2.48. The van der Waals surface area contributed by atoms with E-state index < -0.39 is 6.09 Å². The molecule has 2 aliphatic rings. The number of ether oxygens (including phenoxy) is 2. The van der Waals surface area contributed by atoms with Crippen LogP contribution in [0.3, 0.4) is 0 Å². The van der Waals surface area contributed by atoms with E-state index in [-0.39, 0.29) is 6.10 Å². The molecular formula is C24H22N6O3. The first-order valence-electron chi connectivity index (χ1n) is 10.8. The Morgan fingerprint density at radius 3 is 2.73 bits per heavy atom. The molecular weight excluding hydrogens is 420 g/mol. The van der Waals surface area contributed by atoms with Gasteiger partial charge in [-0.2, -0.15) is 5.10 Å². The number of carbonyl (C=O) groups is 1. The van der Waals surface area contributed by atoms with Gasteiger partial charge in [-0.3, -0.25) is 15.0 Å². The molecule has 1 amide bonds. The number of aromatic nitrogens is 4. The van der Waals surface area contributed by atoms with Crippen molar-refractivity contribution in [2.24, 2.45) is 17.6 Å². The molecule has 9 heteroatoms. The summed E-state index contributed by atoms with van der Waals surface area (Å²) in [7, 11) is 0. The van der Waals surface area contributed by atoms with E-state index >= 15 is 0 Å². The first-order valence-corrected chi connectivity index (χ1v) is 10.8. The summed E-state index contributed by atoms with van der Waals surface area (Å²) in [6.45, 7) is 2.58. The van der Waals surface area contributed by atoms with Gasteiger partial charge in [0.15, 0.2) is 0 Å². The molecule has 3 N–H and O–H groups in total. The lowest BCUT2D eigenvalue weighted by molar-refractivity contribution is 0.122. The van der Waals surface area contributed by atoms with Crippen molar-refractivity contribution in [2.75, 3.05) is 13.1 Å². The van der Waals surface area contributed by atoms with Crippen LogP contribution in [0.4, 0.5) is 4.79 Å². The number of nitrogens with two attached hydrogens (primary N) is 1. The molecule has 0 bridgehead atoms. The zero-order valence-electron chi connectivity index (χ0n) is 17.7. The van der Waals surface area contributed by atoms with E-state index in [0.717, 1.165) is 47.5 Å². The van der Waals surface area contributed by atoms with Gasteiger partial charge in [-0.15, -0.1) is 0 Å². The second-order valence-corrected chi connectivity index (χ2v) is 8.54. The Labute approximate surface area is 189 Å². The molecule has 33 heavy (non-hydrogen) atoms. The van der Waals surface area contributed by atoms with Crippen molar-refractivity contribution in [3.05, 3.63) is 66.6 Å². The number of H-pyrrole nitrogens is 1. The fraction of sp³-hybridized carbons (Fsp3) is 0.250. The lowest BCUT2D eigenvalue weighted by Gasteiger charge is -2.19. The van der Waals surface area contributed by atoms with E-state index in [1.807, 2.05) is 42.5 Å². The van der Waals surface area contributed by atoms with Crippen LogP contribution in [0.25, 0.3) is 22.2 Å². The van der Waals surface area contributed by atoms with E-state index in [9.17, 15) is 4.79 Å². The number of piperidine rings is 1. The maximum absolute atomic E-state index is 10.9. The molecule has 3 atom stereocenters. The molecule has 1 aliphatic heterocycles. The summed E-state index contributed by atoms with van der Waals surface area (Å²) in [5.41, 5.74) is 8.91. The van der Waals surface area contributed by atoms with Crippen LogP contribution in [0.5, 0.6) is 11.6 Å². The number of benzene rings is 1. The highest BCUT2D eigenvalue weighted by atomic mass is 16.6. The van der Waals surface area contributed by atoms with E-state index in [1.54, 1.807) is 12.4 Å². The number of pyridine rings is 2. The van der Waals surface area contributed by atoms with Gasteiger partial charge in [-0.1, -0.05) is 6.07 Å². The minimum absolute atomic E-state index is 0.00194. The second-order valence-electron chi connectivity index (χ2n) is 8.54. The third kappa shape index (κ3) is 3.98. The second kappa shape index (κ2) is 7.86. The van der Waals surface area contributed by atoms with Crippen LogP contribution in [0.15, 0.2) is 60.9 Å². The van der Waals surface area contributed by atoms with Gasteiger partial charge in [-0.05, 0) is 36.4 Å². The molecule has 2 fully saturated rings. The van der Waals surface area contributed by atoms with E-state index in [0.29, 0.717) is 23.5 Å². The smallest absolute Gasteiger partial charge is 0.404 e. The fourth-order valence-electron chi connectivity index (χ4n) is 4.66. The van der Waals surface area contributed by atoms with Gasteiger partial charge < -0.3 is 15.2 Å². The number of aromatic amines is 1. The van der Waals surface area contributed by atoms with Crippen molar-refractivity contribution in [2.45, 2.75) is 12.6 Å². The third-order valence-corrected chi connectivity index (χ3v) is 6.32. The van der Waals surface area contributed by atoms with Gasteiger partial charge >= 0.3 is 6.09 Å². The molecule has 0 radical (unpaired) electrons. The van der Waals surface area contributed by atoms with Crippen molar-refractivity contribution < 1.29 is 14.3 Å². The number of likely N-dealkylation sites (tertiary alicyclic amines) is 1. The molecule has 166 valence electrons. The van der Waals surface area contributed by atoms with Crippen molar-refractivity contribution in [1.82, 2.24) is 25.1 Å². The lowest BCUT2D eigenvalue weighted by Crippen LogP contribution is -2.28. The average Bonchev–Trinajstić information content (AvgIpc) is 3.22. The first-order chi connectivity index (χ1) is 16.1. The summed E-state index contributed by atoms with van der Waals surface area (Å²) < 4.78 is 11.1. The van der Waals surface area contributed by atoms with Crippen LogP contribution in [0.1, 0.15) is 5.69 Å². The van der Waals surface area contributed by atoms with Gasteiger partial charge in [0.05, 0.1) is 16.9 Å². The number of fused-ring (bicyclic) bond motifs is 2. The molecule has 0 unspecified atom stereocenters. The van der Waals surface area contributed by atoms with Gasteiger partial charge in [0.2, 0.25) is 5.88 Å². The molecule has 1 aliphatic carbocycles. The molecule has 6 rings (SSSR count). The standard InChI is InChI=1S/C24H22N6O3/c25-24(31)33-23-18-12-30(13-19(18)23)11-16-3-1-14-9-17(4-5-20(14)28-16)32-22-6-2-15(10-26-22)21-7-8-27-29-21/h1-10,18-19,23H,11-13H2,(H2,25,31)(H,27,29)/t18-,19+,23+. The number of hydrogen-bond donors (Lipinski definition) is 2. The summed E-state index contributed by atoms with van der Waals surface area (Å²) in [6.07, 6.45) is 2.78. The Morgan fingerprint density at radius 1 is 1.12 bits per heavy atom. The number of carbonyl (C=O) groups excluding carboxylic acids is 1. The van der Waals surface area contributed by atoms with E-state index in [4.69, 9.17) is 20.2 Å². The van der Waals surface area contributed by atoms with Crippen molar-refractivity contribution in [3.63, 3.8) is 0 Å². The van der Waals surface area contributed by atoms with Crippen molar-refractivity contribution in [3.8, 4) is 22.9 Å². The predicted molar refractivity (Wildman–Crippen MR) is 120 cm³/mol. The van der Waals surface area contributed by atoms with Crippen molar-refractivity contribution >= 4 is 17.0 Å². The summed E-state index contributed by atoms with van der Waals surface area (Å²) in [5, 5.41) is 7.88. The van der Waals surface area contributed by atoms with Crippen LogP contribution in [0, 0.1) is 11.8 Å². The summed E-state index contributed by atoms with van der Waals surface area (Å²) >= 11 is 0. The summed E-state index contributed by atoms with van der Waals surface area (Å²) in [4.78, 5) is 22.5. The molecule has 4 heterocycles. The third-order valence-electron chi connectivity index (χ3n) is 6.32. The maximum atomic E-state index is 10.9. The van der Waals surface area contributed by atoms with Gasteiger partial charge in [-0.25, -0.2) is 9.78 Å². The van der Waals surface area contributed by atoms with Crippen LogP contribution in [-0.4, -0.2) is 50.4 Å². The number of primary amides is 1. The van der Waals surface area contributed by atoms with E-state index in [1.165, 1.54) is 0 Å². The fourth-order valence-corrected chi connectivity index (χ4v) is 4.66. The van der Waals surface area contributed by atoms with Crippen LogP contribution >= 0.6 is 0 Å². The molecule has 1 aromatic carbocycles. The van der Waals surface area contributed by atoms with Crippen LogP contribution in [-0.2, 0) is 11.3 Å². The zero-order valence-corrected chi connectivity index (χ0v) is 17.7. The molecule has 9 nitrogen and oxygen atoms in total. The SMILES string of the molecule is NC(=O)O[C@H]1[C@@H]2CN(Cc3ccc4cc(Oc5ccc(-c6ccn[nH]6)cn5)ccc4n3)C[C@@H]21. The van der Waals surface area contributed by atoms with Crippen LogP contribution in [0.2, 0.25) is 0 Å². The number of amides is 1. The monoisotopic (exact) mass is 442 g/mol.